The number of carboxylic acid groups (broad SMARTS) is 1. The summed E-state index contributed by atoms with van der Waals surface area (Å²) in [5.41, 5.74) is 2.18. The predicted octanol–water partition coefficient (Wildman–Crippen LogP) is 4.98. The lowest BCUT2D eigenvalue weighted by atomic mass is 9.82. The number of hydrogen-bond acceptors (Lipinski definition) is 4. The monoisotopic (exact) mass is 458 g/mol. The molecule has 31 heavy (non-hydrogen) atoms. The Hall–Kier alpha value is -2.77. The fraction of sp³-hybridized carbons (Fsp3) is 0.261. The van der Waals surface area contributed by atoms with Gasteiger partial charge in [-0.25, -0.2) is 0 Å². The fourth-order valence-corrected chi connectivity index (χ4v) is 4.14. The van der Waals surface area contributed by atoms with Crippen LogP contribution in [-0.2, 0) is 14.4 Å². The molecule has 0 saturated carbocycles. The van der Waals surface area contributed by atoms with E-state index in [1.807, 2.05) is 31.2 Å². The number of thioether (sulfide) groups is 1. The molecule has 2 aromatic carbocycles. The average molecular weight is 459 g/mol. The zero-order valence-corrected chi connectivity index (χ0v) is 18.5. The van der Waals surface area contributed by atoms with Gasteiger partial charge in [0, 0.05) is 21.3 Å². The van der Waals surface area contributed by atoms with Crippen molar-refractivity contribution in [2.45, 2.75) is 24.7 Å². The largest absolute Gasteiger partial charge is 0.481 e. The highest BCUT2D eigenvalue weighted by atomic mass is 35.5. The molecule has 6 nitrogen and oxygen atoms in total. The van der Waals surface area contributed by atoms with Crippen molar-refractivity contribution < 1.29 is 19.5 Å². The number of carboxylic acids is 1. The van der Waals surface area contributed by atoms with Gasteiger partial charge in [0.2, 0.25) is 11.8 Å². The van der Waals surface area contributed by atoms with Gasteiger partial charge in [-0.2, -0.15) is 0 Å². The summed E-state index contributed by atoms with van der Waals surface area (Å²) >= 11 is 7.45. The number of nitrogens with one attached hydrogen (secondary N) is 2. The van der Waals surface area contributed by atoms with E-state index < -0.39 is 17.8 Å². The third kappa shape index (κ3) is 6.35. The molecule has 3 rings (SSSR count). The Kier molecular flexibility index (Phi) is 7.76. The Morgan fingerprint density at radius 3 is 2.29 bits per heavy atom. The number of aryl methyl sites for hydroxylation is 1. The highest BCUT2D eigenvalue weighted by Gasteiger charge is 2.33. The van der Waals surface area contributed by atoms with Crippen LogP contribution in [-0.4, -0.2) is 28.6 Å². The second-order valence-electron chi connectivity index (χ2n) is 7.31. The molecular weight excluding hydrogens is 436 g/mol. The van der Waals surface area contributed by atoms with Crippen molar-refractivity contribution in [3.05, 3.63) is 65.2 Å². The maximum Gasteiger partial charge on any atom is 0.307 e. The molecule has 0 fully saturated rings. The summed E-state index contributed by atoms with van der Waals surface area (Å²) in [6.45, 7) is 1.90. The number of rotatable bonds is 7. The summed E-state index contributed by atoms with van der Waals surface area (Å²) in [7, 11) is 0. The summed E-state index contributed by atoms with van der Waals surface area (Å²) in [5, 5.41) is 15.5. The maximum absolute atomic E-state index is 12.5. The van der Waals surface area contributed by atoms with Gasteiger partial charge in [0.05, 0.1) is 17.6 Å². The summed E-state index contributed by atoms with van der Waals surface area (Å²) < 4.78 is 0. The first-order chi connectivity index (χ1) is 14.8. The van der Waals surface area contributed by atoms with Gasteiger partial charge in [0.15, 0.2) is 0 Å². The van der Waals surface area contributed by atoms with Crippen molar-refractivity contribution in [2.24, 2.45) is 11.8 Å². The second kappa shape index (κ2) is 10.5. The van der Waals surface area contributed by atoms with Crippen LogP contribution in [0.2, 0.25) is 5.02 Å². The minimum Gasteiger partial charge on any atom is -0.481 e. The van der Waals surface area contributed by atoms with Crippen LogP contribution in [0.3, 0.4) is 0 Å². The van der Waals surface area contributed by atoms with E-state index in [0.717, 1.165) is 10.5 Å². The molecule has 1 aliphatic rings. The van der Waals surface area contributed by atoms with Crippen molar-refractivity contribution in [2.75, 3.05) is 16.4 Å². The number of amides is 2. The topological polar surface area (TPSA) is 95.5 Å². The molecule has 1 aliphatic carbocycles. The van der Waals surface area contributed by atoms with Crippen LogP contribution in [0, 0.1) is 18.8 Å². The number of anilines is 2. The highest BCUT2D eigenvalue weighted by Crippen LogP contribution is 2.28. The Bertz CT molecular complexity index is 1010. The van der Waals surface area contributed by atoms with Gasteiger partial charge in [-0.3, -0.25) is 14.4 Å². The van der Waals surface area contributed by atoms with E-state index >= 15 is 0 Å². The van der Waals surface area contributed by atoms with Gasteiger partial charge >= 0.3 is 5.97 Å². The molecule has 3 N–H and O–H groups in total. The fourth-order valence-electron chi connectivity index (χ4n) is 3.26. The summed E-state index contributed by atoms with van der Waals surface area (Å²) in [4.78, 5) is 37.0. The lowest BCUT2D eigenvalue weighted by Gasteiger charge is -2.24. The summed E-state index contributed by atoms with van der Waals surface area (Å²) in [6.07, 6.45) is 4.43. The Morgan fingerprint density at radius 1 is 1.00 bits per heavy atom. The number of allylic oxidation sites excluding steroid dienone is 2. The quantitative estimate of drug-likeness (QED) is 0.401. The summed E-state index contributed by atoms with van der Waals surface area (Å²) in [6, 6.07) is 12.5. The molecule has 0 spiro atoms. The Morgan fingerprint density at radius 2 is 1.65 bits per heavy atom. The first kappa shape index (κ1) is 22.9. The van der Waals surface area contributed by atoms with Crippen molar-refractivity contribution >= 4 is 52.5 Å². The van der Waals surface area contributed by atoms with Crippen molar-refractivity contribution in [3.8, 4) is 0 Å². The first-order valence-corrected chi connectivity index (χ1v) is 11.2. The number of hydrogen-bond donors (Lipinski definition) is 3. The minimum atomic E-state index is -0.956. The van der Waals surface area contributed by atoms with Gasteiger partial charge in [0.25, 0.3) is 0 Å². The van der Waals surface area contributed by atoms with Crippen LogP contribution < -0.4 is 10.6 Å². The number of aliphatic carboxylic acids is 1. The number of benzene rings is 2. The van der Waals surface area contributed by atoms with E-state index in [2.05, 4.69) is 10.6 Å². The molecule has 0 unspecified atom stereocenters. The van der Waals surface area contributed by atoms with Gasteiger partial charge in [-0.15, -0.1) is 11.8 Å². The van der Waals surface area contributed by atoms with Crippen molar-refractivity contribution in [1.82, 2.24) is 0 Å². The number of carbonyl (C=O) groups is 3. The first-order valence-electron chi connectivity index (χ1n) is 9.81. The van der Waals surface area contributed by atoms with Crippen LogP contribution in [0.1, 0.15) is 18.4 Å². The summed E-state index contributed by atoms with van der Waals surface area (Å²) in [5.74, 6) is -2.47. The number of halogens is 1. The van der Waals surface area contributed by atoms with E-state index in [0.29, 0.717) is 29.2 Å². The molecule has 0 saturated heterocycles. The molecule has 2 amide bonds. The lowest BCUT2D eigenvalue weighted by molar-refractivity contribution is -0.146. The highest BCUT2D eigenvalue weighted by molar-refractivity contribution is 8.00. The van der Waals surface area contributed by atoms with E-state index in [1.54, 1.807) is 30.3 Å². The lowest BCUT2D eigenvalue weighted by Crippen LogP contribution is -2.34. The molecule has 0 radical (unpaired) electrons. The van der Waals surface area contributed by atoms with E-state index in [1.165, 1.54) is 11.8 Å². The van der Waals surface area contributed by atoms with Gasteiger partial charge < -0.3 is 15.7 Å². The molecule has 0 aliphatic heterocycles. The van der Waals surface area contributed by atoms with Crippen molar-refractivity contribution in [1.29, 1.82) is 0 Å². The standard InChI is InChI=1S/C23H23ClN2O4S/c1-14-6-7-16(12-20(14)24)25-21(27)13-31-17-10-8-15(9-11-17)26-22(28)18-4-2-3-5-19(18)23(29)30/h2-3,6-12,18-19H,4-5,13H2,1H3,(H,25,27)(H,26,28)(H,29,30)/t18-,19-/m1/s1. The third-order valence-corrected chi connectivity index (χ3v) is 6.45. The predicted molar refractivity (Wildman–Crippen MR) is 124 cm³/mol. The van der Waals surface area contributed by atoms with Gasteiger partial charge in [-0.05, 0) is 61.7 Å². The van der Waals surface area contributed by atoms with Gasteiger partial charge in [0.1, 0.15) is 0 Å². The zero-order valence-electron chi connectivity index (χ0n) is 16.9. The Labute approximate surface area is 190 Å². The van der Waals surface area contributed by atoms with Crippen LogP contribution in [0.4, 0.5) is 11.4 Å². The number of carbonyl (C=O) groups excluding carboxylic acids is 2. The molecule has 2 aromatic rings. The van der Waals surface area contributed by atoms with E-state index in [-0.39, 0.29) is 17.6 Å². The molecule has 162 valence electrons. The molecule has 0 bridgehead atoms. The van der Waals surface area contributed by atoms with E-state index in [9.17, 15) is 19.5 Å². The van der Waals surface area contributed by atoms with Crippen LogP contribution in [0.15, 0.2) is 59.5 Å². The van der Waals surface area contributed by atoms with Crippen LogP contribution in [0.5, 0.6) is 0 Å². The van der Waals surface area contributed by atoms with Gasteiger partial charge in [-0.1, -0.05) is 29.8 Å². The third-order valence-electron chi connectivity index (χ3n) is 5.03. The molecule has 0 aromatic heterocycles. The smallest absolute Gasteiger partial charge is 0.307 e. The molecular formula is C23H23ClN2O4S. The maximum atomic E-state index is 12.5. The Balaban J connectivity index is 1.51. The molecule has 8 heteroatoms. The zero-order chi connectivity index (χ0) is 22.4. The van der Waals surface area contributed by atoms with E-state index in [4.69, 9.17) is 11.6 Å². The van der Waals surface area contributed by atoms with Crippen LogP contribution >= 0.6 is 23.4 Å². The second-order valence-corrected chi connectivity index (χ2v) is 8.76. The van der Waals surface area contributed by atoms with Crippen molar-refractivity contribution in [3.63, 3.8) is 0 Å². The average Bonchev–Trinajstić information content (AvgIpc) is 2.76. The normalized spacial score (nSPS) is 17.7. The molecule has 0 heterocycles. The minimum absolute atomic E-state index is 0.146. The van der Waals surface area contributed by atoms with Crippen LogP contribution in [0.25, 0.3) is 0 Å². The SMILES string of the molecule is Cc1ccc(NC(=O)CSc2ccc(NC(=O)[C@@H]3CC=CC[C@H]3C(=O)O)cc2)cc1Cl. The molecule has 2 atom stereocenters.